The zero-order valence-corrected chi connectivity index (χ0v) is 12.9. The maximum absolute atomic E-state index is 11.0. The number of amides is 1. The molecule has 2 N–H and O–H groups in total. The van der Waals surface area contributed by atoms with Crippen molar-refractivity contribution in [1.82, 2.24) is 0 Å². The molecule has 4 nitrogen and oxygen atoms in total. The van der Waals surface area contributed by atoms with Gasteiger partial charge in [-0.05, 0) is 52.3 Å². The Balaban J connectivity index is 2.28. The molecule has 0 bridgehead atoms. The highest BCUT2D eigenvalue weighted by Gasteiger charge is 2.10. The fraction of sp³-hybridized carbons (Fsp3) is 0.0714. The second kappa shape index (κ2) is 6.15. The molecular formula is C14H11BrClNO3. The smallest absolute Gasteiger partial charge is 0.248 e. The van der Waals surface area contributed by atoms with Crippen molar-refractivity contribution in [3.63, 3.8) is 0 Å². The molecule has 2 aromatic rings. The Morgan fingerprint density at radius 1 is 1.20 bits per heavy atom. The van der Waals surface area contributed by atoms with Crippen LogP contribution in [0.25, 0.3) is 0 Å². The Labute approximate surface area is 129 Å². The summed E-state index contributed by atoms with van der Waals surface area (Å²) in [6.45, 7) is 0. The predicted octanol–water partition coefficient (Wildman–Crippen LogP) is 4.00. The minimum atomic E-state index is -0.538. The van der Waals surface area contributed by atoms with Crippen LogP contribution in [0.15, 0.2) is 40.9 Å². The Morgan fingerprint density at radius 2 is 1.90 bits per heavy atom. The third-order valence-electron chi connectivity index (χ3n) is 2.58. The number of hydrogen-bond acceptors (Lipinski definition) is 3. The van der Waals surface area contributed by atoms with Crippen molar-refractivity contribution in [2.75, 3.05) is 7.11 Å². The van der Waals surface area contributed by atoms with Gasteiger partial charge in [0.15, 0.2) is 0 Å². The number of methoxy groups -OCH3 is 1. The van der Waals surface area contributed by atoms with E-state index in [4.69, 9.17) is 26.8 Å². The van der Waals surface area contributed by atoms with E-state index in [2.05, 4.69) is 15.9 Å². The van der Waals surface area contributed by atoms with E-state index in [1.54, 1.807) is 37.4 Å². The number of primary amides is 1. The van der Waals surface area contributed by atoms with Gasteiger partial charge in [-0.2, -0.15) is 0 Å². The average Bonchev–Trinajstić information content (AvgIpc) is 2.42. The lowest BCUT2D eigenvalue weighted by Crippen LogP contribution is -2.10. The van der Waals surface area contributed by atoms with Crippen LogP contribution in [-0.4, -0.2) is 13.0 Å². The van der Waals surface area contributed by atoms with Gasteiger partial charge in [-0.15, -0.1) is 0 Å². The van der Waals surface area contributed by atoms with Crippen molar-refractivity contribution in [2.45, 2.75) is 0 Å². The lowest BCUT2D eigenvalue weighted by molar-refractivity contribution is 0.100. The van der Waals surface area contributed by atoms with Gasteiger partial charge in [-0.3, -0.25) is 4.79 Å². The summed E-state index contributed by atoms with van der Waals surface area (Å²) in [6, 6.07) is 9.92. The van der Waals surface area contributed by atoms with Crippen molar-refractivity contribution in [3.8, 4) is 17.2 Å². The highest BCUT2D eigenvalue weighted by atomic mass is 79.9. The summed E-state index contributed by atoms with van der Waals surface area (Å²) in [5.41, 5.74) is 5.51. The van der Waals surface area contributed by atoms with Crippen LogP contribution in [0.2, 0.25) is 5.02 Å². The standard InChI is InChI=1S/C14H11BrClNO3/c1-19-9-3-5-12(10(15)7-9)20-13-4-2-8(14(17)18)6-11(13)16/h2-7H,1H3,(H2,17,18). The molecule has 0 aliphatic carbocycles. The van der Waals surface area contributed by atoms with Crippen molar-refractivity contribution in [3.05, 3.63) is 51.5 Å². The molecule has 2 aromatic carbocycles. The quantitative estimate of drug-likeness (QED) is 0.900. The van der Waals surface area contributed by atoms with E-state index in [1.165, 1.54) is 6.07 Å². The Bertz CT molecular complexity index is 661. The zero-order chi connectivity index (χ0) is 14.7. The van der Waals surface area contributed by atoms with Crippen LogP contribution >= 0.6 is 27.5 Å². The molecule has 0 saturated carbocycles. The molecule has 0 fully saturated rings. The fourth-order valence-corrected chi connectivity index (χ4v) is 2.20. The van der Waals surface area contributed by atoms with Gasteiger partial charge in [0.1, 0.15) is 17.2 Å². The Hall–Kier alpha value is -1.72. The number of hydrogen-bond donors (Lipinski definition) is 1. The summed E-state index contributed by atoms with van der Waals surface area (Å²) in [4.78, 5) is 11.0. The first kappa shape index (κ1) is 14.7. The summed E-state index contributed by atoms with van der Waals surface area (Å²) in [5, 5.41) is 0.309. The summed E-state index contributed by atoms with van der Waals surface area (Å²) in [7, 11) is 1.59. The highest BCUT2D eigenvalue weighted by Crippen LogP contribution is 2.35. The van der Waals surface area contributed by atoms with E-state index in [0.717, 1.165) is 4.47 Å². The van der Waals surface area contributed by atoms with Gasteiger partial charge in [0, 0.05) is 5.56 Å². The molecule has 0 aliphatic heterocycles. The third-order valence-corrected chi connectivity index (χ3v) is 3.49. The summed E-state index contributed by atoms with van der Waals surface area (Å²) < 4.78 is 11.5. The molecule has 0 atom stereocenters. The third kappa shape index (κ3) is 3.23. The van der Waals surface area contributed by atoms with Crippen LogP contribution in [-0.2, 0) is 0 Å². The van der Waals surface area contributed by atoms with Gasteiger partial charge < -0.3 is 15.2 Å². The first-order valence-corrected chi connectivity index (χ1v) is 6.79. The Morgan fingerprint density at radius 3 is 2.45 bits per heavy atom. The van der Waals surface area contributed by atoms with Crippen molar-refractivity contribution in [2.24, 2.45) is 5.73 Å². The second-order valence-electron chi connectivity index (χ2n) is 3.91. The van der Waals surface area contributed by atoms with Gasteiger partial charge in [-0.25, -0.2) is 0 Å². The highest BCUT2D eigenvalue weighted by molar-refractivity contribution is 9.10. The van der Waals surface area contributed by atoms with Crippen LogP contribution < -0.4 is 15.2 Å². The van der Waals surface area contributed by atoms with E-state index < -0.39 is 5.91 Å². The molecule has 0 aromatic heterocycles. The van der Waals surface area contributed by atoms with Crippen LogP contribution in [0.1, 0.15) is 10.4 Å². The van der Waals surface area contributed by atoms with Gasteiger partial charge >= 0.3 is 0 Å². The number of carbonyl (C=O) groups excluding carboxylic acids is 1. The van der Waals surface area contributed by atoms with Crippen LogP contribution in [0.5, 0.6) is 17.2 Å². The SMILES string of the molecule is COc1ccc(Oc2ccc(C(N)=O)cc2Cl)c(Br)c1. The summed E-state index contributed by atoms with van der Waals surface area (Å²) in [6.07, 6.45) is 0. The first-order chi connectivity index (χ1) is 9.51. The zero-order valence-electron chi connectivity index (χ0n) is 10.5. The summed E-state index contributed by atoms with van der Waals surface area (Å²) in [5.74, 6) is 1.19. The van der Waals surface area contributed by atoms with Crippen LogP contribution in [0, 0.1) is 0 Å². The van der Waals surface area contributed by atoms with E-state index >= 15 is 0 Å². The van der Waals surface area contributed by atoms with Crippen molar-refractivity contribution >= 4 is 33.4 Å². The second-order valence-corrected chi connectivity index (χ2v) is 5.17. The lowest BCUT2D eigenvalue weighted by Gasteiger charge is -2.11. The lowest BCUT2D eigenvalue weighted by atomic mass is 10.2. The van der Waals surface area contributed by atoms with E-state index in [0.29, 0.717) is 27.8 Å². The minimum absolute atomic E-state index is 0.309. The van der Waals surface area contributed by atoms with Crippen LogP contribution in [0.4, 0.5) is 0 Å². The van der Waals surface area contributed by atoms with Crippen molar-refractivity contribution in [1.29, 1.82) is 0 Å². The molecule has 0 unspecified atom stereocenters. The Kier molecular flexibility index (Phi) is 4.52. The van der Waals surface area contributed by atoms with Gasteiger partial charge in [-0.1, -0.05) is 11.6 Å². The molecule has 0 radical (unpaired) electrons. The summed E-state index contributed by atoms with van der Waals surface area (Å²) >= 11 is 9.45. The topological polar surface area (TPSA) is 61.6 Å². The molecule has 0 heterocycles. The number of carbonyl (C=O) groups is 1. The molecule has 0 aliphatic rings. The minimum Gasteiger partial charge on any atom is -0.497 e. The number of rotatable bonds is 4. The monoisotopic (exact) mass is 355 g/mol. The molecular weight excluding hydrogens is 346 g/mol. The molecule has 0 spiro atoms. The predicted molar refractivity (Wildman–Crippen MR) is 80.7 cm³/mol. The maximum atomic E-state index is 11.0. The molecule has 2 rings (SSSR count). The first-order valence-electron chi connectivity index (χ1n) is 5.62. The number of ether oxygens (including phenoxy) is 2. The molecule has 0 saturated heterocycles. The van der Waals surface area contributed by atoms with Gasteiger partial charge in [0.2, 0.25) is 5.91 Å². The van der Waals surface area contributed by atoms with Gasteiger partial charge in [0.25, 0.3) is 0 Å². The molecule has 20 heavy (non-hydrogen) atoms. The van der Waals surface area contributed by atoms with Gasteiger partial charge in [0.05, 0.1) is 16.6 Å². The van der Waals surface area contributed by atoms with Crippen LogP contribution in [0.3, 0.4) is 0 Å². The number of nitrogens with two attached hydrogens (primary N) is 1. The van der Waals surface area contributed by atoms with E-state index in [-0.39, 0.29) is 0 Å². The molecule has 6 heteroatoms. The number of benzene rings is 2. The number of halogens is 2. The largest absolute Gasteiger partial charge is 0.497 e. The normalized spacial score (nSPS) is 10.2. The maximum Gasteiger partial charge on any atom is 0.248 e. The molecule has 104 valence electrons. The average molecular weight is 357 g/mol. The molecule has 1 amide bonds. The fourth-order valence-electron chi connectivity index (χ4n) is 1.55. The van der Waals surface area contributed by atoms with E-state index in [9.17, 15) is 4.79 Å². The van der Waals surface area contributed by atoms with Crippen molar-refractivity contribution < 1.29 is 14.3 Å². The van der Waals surface area contributed by atoms with E-state index in [1.807, 2.05) is 0 Å².